The average molecular weight is 356 g/mol. The van der Waals surface area contributed by atoms with Crippen LogP contribution >= 0.6 is 0 Å². The predicted octanol–water partition coefficient (Wildman–Crippen LogP) is 1.72. The minimum atomic E-state index is -0.474. The summed E-state index contributed by atoms with van der Waals surface area (Å²) in [6.07, 6.45) is 4.15. The van der Waals surface area contributed by atoms with Crippen LogP contribution in [-0.4, -0.2) is 47.4 Å². The molecule has 1 aliphatic carbocycles. The number of rotatable bonds is 3. The quantitative estimate of drug-likeness (QED) is 0.609. The SMILES string of the molecule is COC(=O)[C@@H]1Cc2ccccc2CN1CN1C(=O)[C@H]2CCCC[C@H]2C1=O. The maximum Gasteiger partial charge on any atom is 0.323 e. The zero-order chi connectivity index (χ0) is 18.3. The van der Waals surface area contributed by atoms with Gasteiger partial charge in [-0.3, -0.25) is 24.2 Å². The zero-order valence-corrected chi connectivity index (χ0v) is 15.0. The number of amides is 2. The maximum atomic E-state index is 12.8. The van der Waals surface area contributed by atoms with E-state index >= 15 is 0 Å². The standard InChI is InChI=1S/C20H24N2O4/c1-26-20(25)17-10-13-6-2-3-7-14(13)11-21(17)12-22-18(23)15-8-4-5-9-16(15)19(22)24/h2-3,6-7,15-17H,4-5,8-12H2,1H3/t15-,16+,17-/m0/s1. The van der Waals surface area contributed by atoms with Gasteiger partial charge in [-0.05, 0) is 30.4 Å². The van der Waals surface area contributed by atoms with Crippen molar-refractivity contribution in [2.75, 3.05) is 13.8 Å². The molecule has 1 saturated heterocycles. The molecule has 0 radical (unpaired) electrons. The van der Waals surface area contributed by atoms with Crippen LogP contribution in [0.1, 0.15) is 36.8 Å². The molecule has 0 N–H and O–H groups in total. The molecule has 1 saturated carbocycles. The molecule has 0 bridgehead atoms. The number of nitrogens with zero attached hydrogens (tertiary/aromatic N) is 2. The van der Waals surface area contributed by atoms with E-state index in [1.165, 1.54) is 12.0 Å². The molecular formula is C20H24N2O4. The molecule has 3 aliphatic rings. The van der Waals surface area contributed by atoms with Crippen LogP contribution in [0.15, 0.2) is 24.3 Å². The third-order valence-electron chi connectivity index (χ3n) is 6.07. The van der Waals surface area contributed by atoms with E-state index in [4.69, 9.17) is 4.74 Å². The van der Waals surface area contributed by atoms with Crippen LogP contribution in [0.5, 0.6) is 0 Å². The Morgan fingerprint density at radius 3 is 2.31 bits per heavy atom. The Labute approximate surface area is 153 Å². The minimum absolute atomic E-state index is 0.0674. The van der Waals surface area contributed by atoms with Gasteiger partial charge >= 0.3 is 5.97 Å². The highest BCUT2D eigenvalue weighted by molar-refractivity contribution is 6.05. The summed E-state index contributed by atoms with van der Waals surface area (Å²) >= 11 is 0. The summed E-state index contributed by atoms with van der Waals surface area (Å²) < 4.78 is 4.98. The fourth-order valence-corrected chi connectivity index (χ4v) is 4.65. The van der Waals surface area contributed by atoms with E-state index in [0.29, 0.717) is 13.0 Å². The van der Waals surface area contributed by atoms with Crippen molar-refractivity contribution in [2.45, 2.75) is 44.7 Å². The number of benzene rings is 1. The van der Waals surface area contributed by atoms with Crippen molar-refractivity contribution < 1.29 is 19.1 Å². The number of fused-ring (bicyclic) bond motifs is 2. The summed E-state index contributed by atoms with van der Waals surface area (Å²) in [7, 11) is 1.38. The monoisotopic (exact) mass is 356 g/mol. The van der Waals surface area contributed by atoms with Crippen molar-refractivity contribution >= 4 is 17.8 Å². The molecule has 2 heterocycles. The Bertz CT molecular complexity index is 723. The molecule has 0 aromatic heterocycles. The molecule has 1 aromatic rings. The summed E-state index contributed by atoms with van der Waals surface area (Å²) in [4.78, 5) is 41.2. The Morgan fingerprint density at radius 1 is 1.08 bits per heavy atom. The highest BCUT2D eigenvalue weighted by Gasteiger charge is 2.49. The lowest BCUT2D eigenvalue weighted by atomic mass is 9.81. The van der Waals surface area contributed by atoms with E-state index in [0.717, 1.165) is 36.8 Å². The summed E-state index contributed by atoms with van der Waals surface area (Å²) in [6, 6.07) is 7.50. The number of hydrogen-bond acceptors (Lipinski definition) is 5. The lowest BCUT2D eigenvalue weighted by Crippen LogP contribution is -2.52. The van der Waals surface area contributed by atoms with Gasteiger partial charge in [0.2, 0.25) is 11.8 Å². The molecule has 2 fully saturated rings. The third-order valence-corrected chi connectivity index (χ3v) is 6.07. The van der Waals surface area contributed by atoms with Gasteiger partial charge in [0, 0.05) is 6.54 Å². The van der Waals surface area contributed by atoms with Crippen LogP contribution < -0.4 is 0 Å². The van der Waals surface area contributed by atoms with Gasteiger partial charge in [0.15, 0.2) is 0 Å². The molecule has 0 spiro atoms. The fourth-order valence-electron chi connectivity index (χ4n) is 4.65. The van der Waals surface area contributed by atoms with Gasteiger partial charge in [0.05, 0.1) is 25.6 Å². The number of likely N-dealkylation sites (tertiary alicyclic amines) is 1. The van der Waals surface area contributed by atoms with Crippen LogP contribution in [-0.2, 0) is 32.1 Å². The van der Waals surface area contributed by atoms with E-state index < -0.39 is 6.04 Å². The van der Waals surface area contributed by atoms with Gasteiger partial charge in [-0.1, -0.05) is 37.1 Å². The highest BCUT2D eigenvalue weighted by atomic mass is 16.5. The van der Waals surface area contributed by atoms with Crippen molar-refractivity contribution in [1.82, 2.24) is 9.80 Å². The molecule has 26 heavy (non-hydrogen) atoms. The zero-order valence-electron chi connectivity index (χ0n) is 15.0. The molecule has 3 atom stereocenters. The normalized spacial score (nSPS) is 28.7. The van der Waals surface area contributed by atoms with Crippen molar-refractivity contribution in [2.24, 2.45) is 11.8 Å². The second-order valence-corrected chi connectivity index (χ2v) is 7.50. The number of carbonyl (C=O) groups is 3. The topological polar surface area (TPSA) is 66.9 Å². The molecule has 138 valence electrons. The molecule has 6 nitrogen and oxygen atoms in total. The van der Waals surface area contributed by atoms with Gasteiger partial charge < -0.3 is 4.74 Å². The van der Waals surface area contributed by atoms with Crippen LogP contribution in [0.2, 0.25) is 0 Å². The maximum absolute atomic E-state index is 12.8. The third kappa shape index (κ3) is 2.82. The van der Waals surface area contributed by atoms with Crippen molar-refractivity contribution in [3.63, 3.8) is 0 Å². The van der Waals surface area contributed by atoms with Crippen molar-refractivity contribution in [3.8, 4) is 0 Å². The Balaban J connectivity index is 1.58. The van der Waals surface area contributed by atoms with E-state index in [1.54, 1.807) is 0 Å². The molecule has 1 aromatic carbocycles. The first kappa shape index (κ1) is 17.2. The first-order valence-corrected chi connectivity index (χ1v) is 9.34. The Kier molecular flexibility index (Phi) is 4.53. The minimum Gasteiger partial charge on any atom is -0.468 e. The van der Waals surface area contributed by atoms with E-state index in [1.807, 2.05) is 29.2 Å². The second-order valence-electron chi connectivity index (χ2n) is 7.50. The lowest BCUT2D eigenvalue weighted by molar-refractivity contribution is -0.153. The summed E-state index contributed by atoms with van der Waals surface area (Å²) in [5.74, 6) is -0.782. The van der Waals surface area contributed by atoms with Crippen LogP contribution in [0.4, 0.5) is 0 Å². The first-order chi connectivity index (χ1) is 12.6. The average Bonchev–Trinajstić information content (AvgIpc) is 2.92. The van der Waals surface area contributed by atoms with Gasteiger partial charge in [0.25, 0.3) is 0 Å². The van der Waals surface area contributed by atoms with E-state index in [-0.39, 0.29) is 36.3 Å². The molecular weight excluding hydrogens is 332 g/mol. The lowest BCUT2D eigenvalue weighted by Gasteiger charge is -2.36. The van der Waals surface area contributed by atoms with Gasteiger partial charge in [-0.15, -0.1) is 0 Å². The van der Waals surface area contributed by atoms with Crippen LogP contribution in [0.3, 0.4) is 0 Å². The number of imide groups is 1. The van der Waals surface area contributed by atoms with Gasteiger partial charge in [-0.25, -0.2) is 0 Å². The van der Waals surface area contributed by atoms with Crippen molar-refractivity contribution in [1.29, 1.82) is 0 Å². The summed E-state index contributed by atoms with van der Waals surface area (Å²) in [5.41, 5.74) is 2.25. The first-order valence-electron chi connectivity index (χ1n) is 9.34. The molecule has 2 amide bonds. The molecule has 2 aliphatic heterocycles. The largest absolute Gasteiger partial charge is 0.468 e. The molecule has 6 heteroatoms. The van der Waals surface area contributed by atoms with E-state index in [9.17, 15) is 14.4 Å². The van der Waals surface area contributed by atoms with Crippen LogP contribution in [0.25, 0.3) is 0 Å². The molecule has 0 unspecified atom stereocenters. The van der Waals surface area contributed by atoms with E-state index in [2.05, 4.69) is 0 Å². The number of esters is 1. The highest BCUT2D eigenvalue weighted by Crippen LogP contribution is 2.38. The number of hydrogen-bond donors (Lipinski definition) is 0. The Hall–Kier alpha value is -2.21. The Morgan fingerprint density at radius 2 is 1.69 bits per heavy atom. The van der Waals surface area contributed by atoms with Gasteiger partial charge in [-0.2, -0.15) is 0 Å². The molecule has 4 rings (SSSR count). The van der Waals surface area contributed by atoms with Gasteiger partial charge in [0.1, 0.15) is 6.04 Å². The number of ether oxygens (including phenoxy) is 1. The number of carbonyl (C=O) groups excluding carboxylic acids is 3. The smallest absolute Gasteiger partial charge is 0.323 e. The van der Waals surface area contributed by atoms with Crippen molar-refractivity contribution in [3.05, 3.63) is 35.4 Å². The fraction of sp³-hybridized carbons (Fsp3) is 0.550. The summed E-state index contributed by atoms with van der Waals surface area (Å²) in [5, 5.41) is 0. The van der Waals surface area contributed by atoms with Crippen LogP contribution in [0, 0.1) is 11.8 Å². The summed E-state index contributed by atoms with van der Waals surface area (Å²) in [6.45, 7) is 0.696. The second kappa shape index (κ2) is 6.83. The number of methoxy groups -OCH3 is 1. The predicted molar refractivity (Wildman–Crippen MR) is 93.7 cm³/mol.